The number of imidazole rings is 1. The summed E-state index contributed by atoms with van der Waals surface area (Å²) in [6.45, 7) is 3.11. The summed E-state index contributed by atoms with van der Waals surface area (Å²) in [4.78, 5) is 17.2. The molecule has 0 bridgehead atoms. The molecule has 2 amide bonds. The Morgan fingerprint density at radius 3 is 2.22 bits per heavy atom. The molecule has 248 valence electrons. The van der Waals surface area contributed by atoms with Crippen molar-refractivity contribution in [3.8, 4) is 11.5 Å². The van der Waals surface area contributed by atoms with E-state index in [-0.39, 0.29) is 30.8 Å². The quantitative estimate of drug-likeness (QED) is 0.138. The number of hydrogen-bond donors (Lipinski definition) is 3. The third-order valence-corrected chi connectivity index (χ3v) is 8.82. The van der Waals surface area contributed by atoms with E-state index in [1.807, 2.05) is 116 Å². The van der Waals surface area contributed by atoms with Gasteiger partial charge in [-0.05, 0) is 65.2 Å². The van der Waals surface area contributed by atoms with Gasteiger partial charge in [0.05, 0.1) is 42.7 Å². The third-order valence-electron chi connectivity index (χ3n) is 8.82. The fraction of sp³-hybridized carbons (Fsp3) is 0.200. The number of amides is 2. The molecule has 5 aromatic carbocycles. The van der Waals surface area contributed by atoms with Gasteiger partial charge in [-0.3, -0.25) is 0 Å². The molecule has 6 aromatic rings. The predicted molar refractivity (Wildman–Crippen MR) is 188 cm³/mol. The Morgan fingerprint density at radius 2 is 1.47 bits per heavy atom. The molecule has 1 fully saturated rings. The number of carbonyl (C=O) groups excluding carboxylic acids is 1. The number of benzene rings is 5. The Hall–Kier alpha value is -5.48. The zero-order valence-corrected chi connectivity index (χ0v) is 27.1. The molecule has 1 aromatic heterocycles. The molecule has 0 aliphatic carbocycles. The number of fused-ring (bicyclic) bond motifs is 1. The molecule has 2 heterocycles. The van der Waals surface area contributed by atoms with Crippen molar-refractivity contribution in [3.63, 3.8) is 0 Å². The Morgan fingerprint density at radius 1 is 0.796 bits per heavy atom. The molecule has 9 heteroatoms. The van der Waals surface area contributed by atoms with E-state index in [4.69, 9.17) is 14.2 Å². The molecule has 4 unspecified atom stereocenters. The first-order valence-corrected chi connectivity index (χ1v) is 16.4. The van der Waals surface area contributed by atoms with E-state index in [9.17, 15) is 9.90 Å². The van der Waals surface area contributed by atoms with Crippen LogP contribution in [0.15, 0.2) is 134 Å². The second kappa shape index (κ2) is 14.7. The summed E-state index contributed by atoms with van der Waals surface area (Å²) in [5, 5.41) is 15.4. The topological polar surface area (TPSA) is 107 Å². The molecule has 49 heavy (non-hydrogen) atoms. The van der Waals surface area contributed by atoms with Crippen LogP contribution in [0.2, 0.25) is 0 Å². The summed E-state index contributed by atoms with van der Waals surface area (Å²) in [6, 6.07) is 40.4. The molecule has 0 spiro atoms. The van der Waals surface area contributed by atoms with Gasteiger partial charge in [0.15, 0.2) is 6.29 Å². The van der Waals surface area contributed by atoms with Crippen molar-refractivity contribution in [1.82, 2.24) is 14.9 Å². The zero-order chi connectivity index (χ0) is 33.6. The Balaban J connectivity index is 1.00. The fourth-order valence-corrected chi connectivity index (χ4v) is 6.06. The van der Waals surface area contributed by atoms with Gasteiger partial charge < -0.3 is 34.5 Å². The van der Waals surface area contributed by atoms with Crippen LogP contribution in [0.5, 0.6) is 11.5 Å². The lowest BCUT2D eigenvalue weighted by Crippen LogP contribution is -2.39. The predicted octanol–water partition coefficient (Wildman–Crippen LogP) is 8.13. The number of nitrogens with zero attached hydrogens (tertiary/aromatic N) is 2. The maximum Gasteiger partial charge on any atom is 0.319 e. The van der Waals surface area contributed by atoms with E-state index >= 15 is 0 Å². The standard InChI is InChI=1S/C40H38N4O5/c1-27-37(24-44-26-42-35-9-5-6-10-36(35)44)48-39(49-38(27)30-15-13-29(25-45)14-16-30)31-17-11-28(12-18-31)23-41-40(46)43-32-19-21-34(22-20-32)47-33-7-3-2-4-8-33/h2-22,26-27,37-39,45H,23-25H2,1H3,(H2,41,43,46). The van der Waals surface area contributed by atoms with Crippen molar-refractivity contribution in [3.05, 3.63) is 156 Å². The highest BCUT2D eigenvalue weighted by Crippen LogP contribution is 2.42. The molecule has 4 atom stereocenters. The van der Waals surface area contributed by atoms with E-state index in [1.54, 1.807) is 12.1 Å². The number of nitrogens with one attached hydrogen (secondary N) is 2. The smallest absolute Gasteiger partial charge is 0.319 e. The number of para-hydroxylation sites is 3. The molecule has 7 rings (SSSR count). The number of aliphatic hydroxyl groups is 1. The Bertz CT molecular complexity index is 1980. The highest BCUT2D eigenvalue weighted by atomic mass is 16.7. The van der Waals surface area contributed by atoms with Gasteiger partial charge in [-0.2, -0.15) is 0 Å². The average molecular weight is 655 g/mol. The molecular weight excluding hydrogens is 616 g/mol. The molecule has 0 radical (unpaired) electrons. The minimum atomic E-state index is -0.599. The molecule has 1 aliphatic heterocycles. The van der Waals surface area contributed by atoms with E-state index in [1.165, 1.54) is 0 Å². The normalized spacial score (nSPS) is 19.0. The van der Waals surface area contributed by atoms with E-state index in [0.29, 0.717) is 24.5 Å². The average Bonchev–Trinajstić information content (AvgIpc) is 3.55. The lowest BCUT2D eigenvalue weighted by atomic mass is 9.90. The second-order valence-electron chi connectivity index (χ2n) is 12.2. The summed E-state index contributed by atoms with van der Waals surface area (Å²) < 4.78 is 21.2. The highest BCUT2D eigenvalue weighted by Gasteiger charge is 2.38. The summed E-state index contributed by atoms with van der Waals surface area (Å²) in [7, 11) is 0. The van der Waals surface area contributed by atoms with Gasteiger partial charge in [0, 0.05) is 23.7 Å². The van der Waals surface area contributed by atoms with Crippen molar-refractivity contribution >= 4 is 22.8 Å². The van der Waals surface area contributed by atoms with Crippen molar-refractivity contribution in [2.45, 2.75) is 45.1 Å². The van der Waals surface area contributed by atoms with Gasteiger partial charge in [-0.15, -0.1) is 0 Å². The SMILES string of the molecule is CC1C(Cn2cnc3ccccc32)OC(c2ccc(CNC(=O)Nc3ccc(Oc4ccccc4)cc3)cc2)OC1c1ccc(CO)cc1. The van der Waals surface area contributed by atoms with Gasteiger partial charge in [0.2, 0.25) is 0 Å². The van der Waals surface area contributed by atoms with E-state index < -0.39 is 6.29 Å². The number of hydrogen-bond acceptors (Lipinski definition) is 6. The van der Waals surface area contributed by atoms with Gasteiger partial charge >= 0.3 is 6.03 Å². The van der Waals surface area contributed by atoms with Crippen molar-refractivity contribution in [1.29, 1.82) is 0 Å². The zero-order valence-electron chi connectivity index (χ0n) is 27.1. The lowest BCUT2D eigenvalue weighted by molar-refractivity contribution is -0.276. The van der Waals surface area contributed by atoms with Crippen molar-refractivity contribution in [2.24, 2.45) is 5.92 Å². The van der Waals surface area contributed by atoms with Crippen LogP contribution in [0.1, 0.15) is 41.6 Å². The Kier molecular flexibility index (Phi) is 9.65. The van der Waals surface area contributed by atoms with Crippen LogP contribution in [-0.4, -0.2) is 26.8 Å². The van der Waals surface area contributed by atoms with Crippen LogP contribution in [0.4, 0.5) is 10.5 Å². The number of urea groups is 1. The first kappa shape index (κ1) is 32.1. The van der Waals surface area contributed by atoms with Crippen molar-refractivity contribution in [2.75, 3.05) is 5.32 Å². The fourth-order valence-electron chi connectivity index (χ4n) is 6.06. The third kappa shape index (κ3) is 7.65. The second-order valence-corrected chi connectivity index (χ2v) is 12.2. The van der Waals surface area contributed by atoms with Crippen LogP contribution in [0, 0.1) is 5.92 Å². The van der Waals surface area contributed by atoms with Crippen LogP contribution in [0.25, 0.3) is 11.0 Å². The van der Waals surface area contributed by atoms with Gasteiger partial charge in [0.1, 0.15) is 11.5 Å². The first-order valence-electron chi connectivity index (χ1n) is 16.4. The maximum atomic E-state index is 12.7. The van der Waals surface area contributed by atoms with E-state index in [0.717, 1.165) is 39.0 Å². The number of rotatable bonds is 10. The van der Waals surface area contributed by atoms with Crippen LogP contribution in [-0.2, 0) is 29.2 Å². The minimum absolute atomic E-state index is 0.00992. The molecule has 1 aliphatic rings. The van der Waals surface area contributed by atoms with Crippen LogP contribution in [0.3, 0.4) is 0 Å². The first-order chi connectivity index (χ1) is 24.0. The minimum Gasteiger partial charge on any atom is -0.457 e. The van der Waals surface area contributed by atoms with Crippen molar-refractivity contribution < 1.29 is 24.1 Å². The Labute approximate surface area is 285 Å². The highest BCUT2D eigenvalue weighted by molar-refractivity contribution is 5.89. The number of aliphatic hydroxyl groups excluding tert-OH is 1. The number of aromatic nitrogens is 2. The molecule has 0 saturated carbocycles. The molecule has 9 nitrogen and oxygen atoms in total. The monoisotopic (exact) mass is 654 g/mol. The number of carbonyl (C=O) groups is 1. The van der Waals surface area contributed by atoms with E-state index in [2.05, 4.69) is 33.2 Å². The summed E-state index contributed by atoms with van der Waals surface area (Å²) in [5.41, 5.74) is 6.36. The number of anilines is 1. The molecular formula is C40H38N4O5. The lowest BCUT2D eigenvalue weighted by Gasteiger charge is -2.41. The molecule has 1 saturated heterocycles. The van der Waals surface area contributed by atoms with Gasteiger partial charge in [-0.25, -0.2) is 9.78 Å². The summed E-state index contributed by atoms with van der Waals surface area (Å²) in [5.74, 6) is 1.47. The molecule has 3 N–H and O–H groups in total. The van der Waals surface area contributed by atoms with Crippen LogP contribution >= 0.6 is 0 Å². The summed E-state index contributed by atoms with van der Waals surface area (Å²) in [6.07, 6.45) is 0.875. The van der Waals surface area contributed by atoms with Gasteiger partial charge in [0.25, 0.3) is 0 Å². The van der Waals surface area contributed by atoms with Crippen LogP contribution < -0.4 is 15.4 Å². The van der Waals surface area contributed by atoms with Gasteiger partial charge in [-0.1, -0.05) is 85.8 Å². The maximum absolute atomic E-state index is 12.7. The largest absolute Gasteiger partial charge is 0.457 e. The summed E-state index contributed by atoms with van der Waals surface area (Å²) >= 11 is 0. The number of ether oxygens (including phenoxy) is 3.